The maximum absolute atomic E-state index is 5.71. The van der Waals surface area contributed by atoms with Gasteiger partial charge in [0.25, 0.3) is 0 Å². The zero-order valence-electron chi connectivity index (χ0n) is 11.7. The molecule has 0 spiro atoms. The van der Waals surface area contributed by atoms with E-state index in [0.29, 0.717) is 6.61 Å². The van der Waals surface area contributed by atoms with E-state index in [4.69, 9.17) is 14.2 Å². The molecule has 0 atom stereocenters. The molecule has 2 rings (SSSR count). The van der Waals surface area contributed by atoms with Crippen LogP contribution < -0.4 is 5.32 Å². The van der Waals surface area contributed by atoms with Crippen LogP contribution in [0.3, 0.4) is 0 Å². The van der Waals surface area contributed by atoms with Crippen LogP contribution in [0.25, 0.3) is 0 Å². The van der Waals surface area contributed by atoms with E-state index in [9.17, 15) is 0 Å². The molecule has 1 aliphatic rings. The Morgan fingerprint density at radius 1 is 1.42 bits per heavy atom. The van der Waals surface area contributed by atoms with E-state index in [1.807, 2.05) is 6.20 Å². The van der Waals surface area contributed by atoms with Gasteiger partial charge in [0.2, 0.25) is 0 Å². The third kappa shape index (κ3) is 3.54. The van der Waals surface area contributed by atoms with E-state index >= 15 is 0 Å². The molecule has 1 aliphatic heterocycles. The van der Waals surface area contributed by atoms with Gasteiger partial charge in [-0.3, -0.25) is 0 Å². The highest BCUT2D eigenvalue weighted by atomic mass is 16.5. The van der Waals surface area contributed by atoms with E-state index < -0.39 is 0 Å². The maximum Gasteiger partial charge on any atom is 0.138 e. The van der Waals surface area contributed by atoms with Crippen molar-refractivity contribution in [2.45, 2.75) is 25.0 Å². The van der Waals surface area contributed by atoms with Gasteiger partial charge in [-0.25, -0.2) is 4.98 Å². The molecule has 0 bridgehead atoms. The lowest BCUT2D eigenvalue weighted by Gasteiger charge is -2.33. The smallest absolute Gasteiger partial charge is 0.138 e. The van der Waals surface area contributed by atoms with Gasteiger partial charge in [0.1, 0.15) is 11.4 Å². The van der Waals surface area contributed by atoms with Crippen LogP contribution in [-0.2, 0) is 26.4 Å². The second-order valence-electron chi connectivity index (χ2n) is 4.74. The van der Waals surface area contributed by atoms with Crippen LogP contribution in [0.15, 0.2) is 6.20 Å². The normalized spacial score (nSPS) is 18.6. The molecule has 1 fully saturated rings. The van der Waals surface area contributed by atoms with Crippen molar-refractivity contribution in [3.8, 4) is 0 Å². The topological polar surface area (TPSA) is 68.4 Å². The molecular formula is C13H23N3O3. The summed E-state index contributed by atoms with van der Waals surface area (Å²) in [5.74, 6) is 0.904. The Kier molecular flexibility index (Phi) is 5.33. The fourth-order valence-electron chi connectivity index (χ4n) is 2.32. The number of nitrogens with zero attached hydrogens (tertiary/aromatic N) is 1. The molecule has 0 radical (unpaired) electrons. The largest absolute Gasteiger partial charge is 0.383 e. The monoisotopic (exact) mass is 269 g/mol. The quantitative estimate of drug-likeness (QED) is 0.717. The van der Waals surface area contributed by atoms with Gasteiger partial charge in [-0.1, -0.05) is 0 Å². The van der Waals surface area contributed by atoms with Crippen molar-refractivity contribution in [3.05, 3.63) is 17.7 Å². The summed E-state index contributed by atoms with van der Waals surface area (Å²) in [7, 11) is 3.44. The fourth-order valence-corrected chi connectivity index (χ4v) is 2.32. The van der Waals surface area contributed by atoms with Gasteiger partial charge in [0.05, 0.1) is 6.61 Å². The van der Waals surface area contributed by atoms with Gasteiger partial charge in [0, 0.05) is 65.3 Å². The average Bonchev–Trinajstić information content (AvgIpc) is 2.94. The average molecular weight is 269 g/mol. The van der Waals surface area contributed by atoms with E-state index in [-0.39, 0.29) is 5.60 Å². The van der Waals surface area contributed by atoms with Gasteiger partial charge in [0.15, 0.2) is 0 Å². The van der Waals surface area contributed by atoms with Gasteiger partial charge >= 0.3 is 0 Å². The molecule has 0 aliphatic carbocycles. The SMILES string of the molecule is COCCNCc1cnc(C2(OC)CCOCC2)[nH]1. The zero-order chi connectivity index (χ0) is 13.6. The second kappa shape index (κ2) is 7.00. The lowest BCUT2D eigenvalue weighted by atomic mass is 9.93. The summed E-state index contributed by atoms with van der Waals surface area (Å²) in [5, 5.41) is 3.29. The van der Waals surface area contributed by atoms with Crippen molar-refractivity contribution in [2.24, 2.45) is 0 Å². The standard InChI is InChI=1S/C13H23N3O3/c1-17-8-5-14-9-11-10-15-12(16-11)13(18-2)3-6-19-7-4-13/h10,14H,3-9H2,1-2H3,(H,15,16). The van der Waals surface area contributed by atoms with E-state index in [1.54, 1.807) is 14.2 Å². The van der Waals surface area contributed by atoms with Crippen LogP contribution in [0.1, 0.15) is 24.4 Å². The number of imidazole rings is 1. The summed E-state index contributed by atoms with van der Waals surface area (Å²) in [5.41, 5.74) is 0.747. The number of nitrogens with one attached hydrogen (secondary N) is 2. The fraction of sp³-hybridized carbons (Fsp3) is 0.769. The van der Waals surface area contributed by atoms with E-state index in [2.05, 4.69) is 15.3 Å². The highest BCUT2D eigenvalue weighted by Gasteiger charge is 2.37. The van der Waals surface area contributed by atoms with Crippen LogP contribution in [-0.4, -0.2) is 50.6 Å². The Labute approximate surface area is 113 Å². The van der Waals surface area contributed by atoms with Gasteiger partial charge < -0.3 is 24.5 Å². The van der Waals surface area contributed by atoms with Crippen LogP contribution in [0, 0.1) is 0 Å². The third-order valence-electron chi connectivity index (χ3n) is 3.55. The molecule has 2 N–H and O–H groups in total. The molecule has 6 heteroatoms. The van der Waals surface area contributed by atoms with Crippen molar-refractivity contribution < 1.29 is 14.2 Å². The summed E-state index contributed by atoms with van der Waals surface area (Å²) in [6, 6.07) is 0. The Morgan fingerprint density at radius 3 is 2.89 bits per heavy atom. The predicted molar refractivity (Wildman–Crippen MR) is 70.9 cm³/mol. The first-order valence-electron chi connectivity index (χ1n) is 6.67. The first-order valence-corrected chi connectivity index (χ1v) is 6.67. The molecule has 1 aromatic heterocycles. The third-order valence-corrected chi connectivity index (χ3v) is 3.55. The molecule has 6 nitrogen and oxygen atoms in total. The first-order chi connectivity index (χ1) is 9.30. The summed E-state index contributed by atoms with van der Waals surface area (Å²) < 4.78 is 16.1. The van der Waals surface area contributed by atoms with Gasteiger partial charge in [-0.2, -0.15) is 0 Å². The highest BCUT2D eigenvalue weighted by molar-refractivity contribution is 5.10. The number of hydrogen-bond acceptors (Lipinski definition) is 5. The van der Waals surface area contributed by atoms with Crippen molar-refractivity contribution in [1.29, 1.82) is 0 Å². The molecule has 0 unspecified atom stereocenters. The summed E-state index contributed by atoms with van der Waals surface area (Å²) in [6.45, 7) is 3.73. The van der Waals surface area contributed by atoms with Crippen molar-refractivity contribution in [3.63, 3.8) is 0 Å². The number of ether oxygens (including phenoxy) is 3. The number of rotatable bonds is 7. The van der Waals surface area contributed by atoms with Crippen LogP contribution in [0.2, 0.25) is 0 Å². The Hall–Kier alpha value is -0.950. The van der Waals surface area contributed by atoms with E-state index in [0.717, 1.165) is 50.7 Å². The molecule has 0 saturated carbocycles. The van der Waals surface area contributed by atoms with Crippen molar-refractivity contribution in [1.82, 2.24) is 15.3 Å². The number of aromatic nitrogens is 2. The summed E-state index contributed by atoms with van der Waals surface area (Å²) in [4.78, 5) is 7.83. The van der Waals surface area contributed by atoms with E-state index in [1.165, 1.54) is 0 Å². The number of methoxy groups -OCH3 is 2. The molecule has 2 heterocycles. The molecule has 1 saturated heterocycles. The number of H-pyrrole nitrogens is 1. The minimum atomic E-state index is -0.316. The molecular weight excluding hydrogens is 246 g/mol. The zero-order valence-corrected chi connectivity index (χ0v) is 11.7. The molecule has 108 valence electrons. The molecule has 0 amide bonds. The van der Waals surface area contributed by atoms with Crippen molar-refractivity contribution in [2.75, 3.05) is 40.6 Å². The summed E-state index contributed by atoms with van der Waals surface area (Å²) >= 11 is 0. The van der Waals surface area contributed by atoms with Crippen LogP contribution in [0.4, 0.5) is 0 Å². The molecule has 1 aromatic rings. The first kappa shape index (κ1) is 14.5. The van der Waals surface area contributed by atoms with Crippen molar-refractivity contribution >= 4 is 0 Å². The van der Waals surface area contributed by atoms with Gasteiger partial charge in [-0.15, -0.1) is 0 Å². The summed E-state index contributed by atoms with van der Waals surface area (Å²) in [6.07, 6.45) is 3.55. The minimum Gasteiger partial charge on any atom is -0.383 e. The van der Waals surface area contributed by atoms with Gasteiger partial charge in [-0.05, 0) is 0 Å². The Morgan fingerprint density at radius 2 is 2.21 bits per heavy atom. The maximum atomic E-state index is 5.71. The number of hydrogen-bond donors (Lipinski definition) is 2. The highest BCUT2D eigenvalue weighted by Crippen LogP contribution is 2.33. The number of aromatic amines is 1. The van der Waals surface area contributed by atoms with Crippen LogP contribution in [0.5, 0.6) is 0 Å². The Bertz CT molecular complexity index is 375. The molecule has 19 heavy (non-hydrogen) atoms. The predicted octanol–water partition coefficient (Wildman–Crippen LogP) is 0.798. The molecule has 0 aromatic carbocycles. The second-order valence-corrected chi connectivity index (χ2v) is 4.74. The van der Waals surface area contributed by atoms with Crippen LogP contribution >= 0.6 is 0 Å². The Balaban J connectivity index is 1.94. The lowest BCUT2D eigenvalue weighted by Crippen LogP contribution is -2.36. The lowest BCUT2D eigenvalue weighted by molar-refractivity contribution is -0.0996. The minimum absolute atomic E-state index is 0.316.